The topological polar surface area (TPSA) is 76.2 Å². The number of carboxylic acid groups (broad SMARTS) is 1. The monoisotopic (exact) mass is 282 g/mol. The maximum absolute atomic E-state index is 13.5. The van der Waals surface area contributed by atoms with Gasteiger partial charge >= 0.3 is 5.97 Å². The quantitative estimate of drug-likeness (QED) is 0.912. The molecule has 0 saturated heterocycles. The molecule has 1 unspecified atom stereocenters. The molecule has 0 spiro atoms. The third-order valence-electron chi connectivity index (χ3n) is 2.67. The number of rotatable bonds is 5. The van der Waals surface area contributed by atoms with E-state index < -0.39 is 17.6 Å². The predicted molar refractivity (Wildman–Crippen MR) is 64.8 cm³/mol. The van der Waals surface area contributed by atoms with Crippen molar-refractivity contribution < 1.29 is 23.1 Å². The average molecular weight is 282 g/mol. The fourth-order valence-corrected chi connectivity index (χ4v) is 1.78. The van der Waals surface area contributed by atoms with Gasteiger partial charge in [-0.15, -0.1) is 10.2 Å². The van der Waals surface area contributed by atoms with Gasteiger partial charge in [-0.2, -0.15) is 0 Å². The van der Waals surface area contributed by atoms with Crippen molar-refractivity contribution in [2.75, 3.05) is 0 Å². The van der Waals surface area contributed by atoms with Gasteiger partial charge in [-0.3, -0.25) is 4.79 Å². The third-order valence-corrected chi connectivity index (χ3v) is 2.67. The van der Waals surface area contributed by atoms with Gasteiger partial charge in [0.05, 0.1) is 5.56 Å². The smallest absolute Gasteiger partial charge is 0.303 e. The number of hydrogen-bond acceptors (Lipinski definition) is 4. The molecule has 0 saturated carbocycles. The molecule has 1 aromatic heterocycles. The number of carboxylic acids is 1. The van der Waals surface area contributed by atoms with Crippen molar-refractivity contribution in [2.24, 2.45) is 5.92 Å². The Hall–Kier alpha value is -2.31. The van der Waals surface area contributed by atoms with Gasteiger partial charge in [0.2, 0.25) is 5.89 Å². The highest BCUT2D eigenvalue weighted by atomic mass is 19.1. The van der Waals surface area contributed by atoms with Crippen LogP contribution in [0.2, 0.25) is 0 Å². The average Bonchev–Trinajstić information content (AvgIpc) is 2.75. The lowest BCUT2D eigenvalue weighted by Gasteiger charge is -2.03. The summed E-state index contributed by atoms with van der Waals surface area (Å²) < 4.78 is 31.6. The van der Waals surface area contributed by atoms with Gasteiger partial charge in [-0.25, -0.2) is 8.78 Å². The fraction of sp³-hybridized carbons (Fsp3) is 0.308. The molecule has 0 aliphatic rings. The Labute approximate surface area is 113 Å². The number of carbonyl (C=O) groups is 1. The SMILES string of the molecule is CC(CC(=O)O)Cc1nnc(-c2ccc(F)cc2F)o1. The van der Waals surface area contributed by atoms with Gasteiger partial charge in [0.15, 0.2) is 0 Å². The zero-order valence-electron chi connectivity index (χ0n) is 10.6. The number of aromatic nitrogens is 2. The van der Waals surface area contributed by atoms with Crippen LogP contribution in [0.15, 0.2) is 22.6 Å². The van der Waals surface area contributed by atoms with Crippen LogP contribution in [0.4, 0.5) is 8.78 Å². The Kier molecular flexibility index (Phi) is 4.07. The van der Waals surface area contributed by atoms with Gasteiger partial charge in [-0.1, -0.05) is 6.92 Å². The van der Waals surface area contributed by atoms with E-state index >= 15 is 0 Å². The lowest BCUT2D eigenvalue weighted by atomic mass is 10.0. The van der Waals surface area contributed by atoms with Crippen LogP contribution in [0.25, 0.3) is 11.5 Å². The molecule has 0 aliphatic carbocycles. The summed E-state index contributed by atoms with van der Waals surface area (Å²) in [6.45, 7) is 1.73. The summed E-state index contributed by atoms with van der Waals surface area (Å²) in [6.07, 6.45) is 0.255. The van der Waals surface area contributed by atoms with E-state index in [9.17, 15) is 13.6 Å². The zero-order chi connectivity index (χ0) is 14.7. The Bertz CT molecular complexity index is 628. The number of halogens is 2. The first-order chi connectivity index (χ1) is 9.45. The highest BCUT2D eigenvalue weighted by Crippen LogP contribution is 2.23. The normalized spacial score (nSPS) is 12.3. The molecule has 1 aromatic carbocycles. The zero-order valence-corrected chi connectivity index (χ0v) is 10.6. The van der Waals surface area contributed by atoms with Crippen LogP contribution in [0.3, 0.4) is 0 Å². The molecule has 1 N–H and O–H groups in total. The summed E-state index contributed by atoms with van der Waals surface area (Å²) in [5, 5.41) is 16.1. The molecule has 106 valence electrons. The molecule has 2 aromatic rings. The van der Waals surface area contributed by atoms with E-state index in [0.29, 0.717) is 0 Å². The second kappa shape index (κ2) is 5.77. The largest absolute Gasteiger partial charge is 0.481 e. The van der Waals surface area contributed by atoms with Crippen molar-refractivity contribution in [1.82, 2.24) is 10.2 Å². The van der Waals surface area contributed by atoms with Crippen LogP contribution in [-0.2, 0) is 11.2 Å². The molecule has 1 atom stereocenters. The minimum Gasteiger partial charge on any atom is -0.481 e. The summed E-state index contributed by atoms with van der Waals surface area (Å²) in [5.41, 5.74) is 0.0102. The Balaban J connectivity index is 2.14. The minimum atomic E-state index is -0.915. The van der Waals surface area contributed by atoms with Crippen LogP contribution < -0.4 is 0 Å². The predicted octanol–water partition coefficient (Wildman–Crippen LogP) is 2.67. The summed E-state index contributed by atoms with van der Waals surface area (Å²) in [5.74, 6) is -2.42. The van der Waals surface area contributed by atoms with E-state index in [1.165, 1.54) is 6.07 Å². The second-order valence-electron chi connectivity index (χ2n) is 4.53. The van der Waals surface area contributed by atoms with E-state index in [4.69, 9.17) is 9.52 Å². The van der Waals surface area contributed by atoms with Crippen LogP contribution >= 0.6 is 0 Å². The summed E-state index contributed by atoms with van der Waals surface area (Å²) >= 11 is 0. The van der Waals surface area contributed by atoms with Crippen LogP contribution in [0, 0.1) is 17.6 Å². The van der Waals surface area contributed by atoms with Gasteiger partial charge in [0, 0.05) is 18.9 Å². The molecule has 0 bridgehead atoms. The Morgan fingerprint density at radius 1 is 1.40 bits per heavy atom. The molecule has 7 heteroatoms. The van der Waals surface area contributed by atoms with E-state index in [2.05, 4.69) is 10.2 Å². The third kappa shape index (κ3) is 3.37. The molecule has 0 radical (unpaired) electrons. The summed E-state index contributed by atoms with van der Waals surface area (Å²) in [7, 11) is 0. The van der Waals surface area contributed by atoms with Crippen molar-refractivity contribution in [2.45, 2.75) is 19.8 Å². The van der Waals surface area contributed by atoms with E-state index in [1.807, 2.05) is 0 Å². The number of aliphatic carboxylic acids is 1. The highest BCUT2D eigenvalue weighted by molar-refractivity contribution is 5.66. The van der Waals surface area contributed by atoms with Crippen LogP contribution in [0.5, 0.6) is 0 Å². The molecule has 5 nitrogen and oxygen atoms in total. The fourth-order valence-electron chi connectivity index (χ4n) is 1.78. The van der Waals surface area contributed by atoms with Crippen molar-refractivity contribution in [3.8, 4) is 11.5 Å². The van der Waals surface area contributed by atoms with Crippen molar-refractivity contribution in [3.05, 3.63) is 35.7 Å². The van der Waals surface area contributed by atoms with Crippen LogP contribution in [0.1, 0.15) is 19.2 Å². The number of benzene rings is 1. The first kappa shape index (κ1) is 14.1. The standard InChI is InChI=1S/C13H12F2N2O3/c1-7(5-12(18)19)4-11-16-17-13(20-11)9-3-2-8(14)6-10(9)15/h2-3,6-7H,4-5H2,1H3,(H,18,19). The molecule has 20 heavy (non-hydrogen) atoms. The van der Waals surface area contributed by atoms with Crippen molar-refractivity contribution in [1.29, 1.82) is 0 Å². The first-order valence-corrected chi connectivity index (χ1v) is 5.95. The van der Waals surface area contributed by atoms with Gasteiger partial charge in [-0.05, 0) is 18.1 Å². The molecule has 0 fully saturated rings. The lowest BCUT2D eigenvalue weighted by molar-refractivity contribution is -0.137. The lowest BCUT2D eigenvalue weighted by Crippen LogP contribution is -2.07. The Morgan fingerprint density at radius 2 is 2.15 bits per heavy atom. The Morgan fingerprint density at radius 3 is 2.80 bits per heavy atom. The first-order valence-electron chi connectivity index (χ1n) is 5.95. The number of nitrogens with zero attached hydrogens (tertiary/aromatic N) is 2. The maximum Gasteiger partial charge on any atom is 0.303 e. The molecular formula is C13H12F2N2O3. The second-order valence-corrected chi connectivity index (χ2v) is 4.53. The molecule has 0 amide bonds. The minimum absolute atomic E-state index is 0.0102. The molecule has 2 rings (SSSR count). The van der Waals surface area contributed by atoms with Gasteiger partial charge in [0.1, 0.15) is 11.6 Å². The number of hydrogen-bond donors (Lipinski definition) is 1. The van der Waals surface area contributed by atoms with Crippen molar-refractivity contribution in [3.63, 3.8) is 0 Å². The van der Waals surface area contributed by atoms with E-state index in [0.717, 1.165) is 12.1 Å². The molecule has 0 aliphatic heterocycles. The van der Waals surface area contributed by atoms with Crippen molar-refractivity contribution >= 4 is 5.97 Å². The van der Waals surface area contributed by atoms with E-state index in [-0.39, 0.29) is 36.1 Å². The summed E-state index contributed by atoms with van der Waals surface area (Å²) in [6, 6.07) is 3.03. The molecular weight excluding hydrogens is 270 g/mol. The highest BCUT2D eigenvalue weighted by Gasteiger charge is 2.16. The summed E-state index contributed by atoms with van der Waals surface area (Å²) in [4.78, 5) is 10.6. The van der Waals surface area contributed by atoms with Crippen LogP contribution in [-0.4, -0.2) is 21.3 Å². The van der Waals surface area contributed by atoms with Gasteiger partial charge in [0.25, 0.3) is 5.89 Å². The van der Waals surface area contributed by atoms with E-state index in [1.54, 1.807) is 6.92 Å². The maximum atomic E-state index is 13.5. The molecule has 1 heterocycles. The van der Waals surface area contributed by atoms with Gasteiger partial charge < -0.3 is 9.52 Å².